The first-order valence-corrected chi connectivity index (χ1v) is 9.49. The van der Waals surface area contributed by atoms with Gasteiger partial charge in [-0.15, -0.1) is 11.8 Å². The molecule has 0 bridgehead atoms. The van der Waals surface area contributed by atoms with Crippen LogP contribution in [0.15, 0.2) is 18.2 Å². The van der Waals surface area contributed by atoms with E-state index in [0.29, 0.717) is 17.1 Å². The number of anilines is 1. The highest BCUT2D eigenvalue weighted by Crippen LogP contribution is 2.26. The molecular weight excluding hydrogens is 318 g/mol. The Hall–Kier alpha value is -0.720. The number of nitrogens with one attached hydrogen (secondary N) is 1. The first kappa shape index (κ1) is 15.7. The minimum absolute atomic E-state index is 0.0335. The molecule has 0 radical (unpaired) electrons. The summed E-state index contributed by atoms with van der Waals surface area (Å²) < 4.78 is 22.7. The molecule has 20 heavy (non-hydrogen) atoms. The van der Waals surface area contributed by atoms with Crippen molar-refractivity contribution in [2.75, 3.05) is 22.6 Å². The summed E-state index contributed by atoms with van der Waals surface area (Å²) in [6, 6.07) is 5.34. The quantitative estimate of drug-likeness (QED) is 0.919. The van der Waals surface area contributed by atoms with Crippen LogP contribution in [0.25, 0.3) is 0 Å². The van der Waals surface area contributed by atoms with Crippen LogP contribution in [-0.4, -0.2) is 36.8 Å². The van der Waals surface area contributed by atoms with E-state index in [-0.39, 0.29) is 28.4 Å². The predicted octanol–water partition coefficient (Wildman–Crippen LogP) is 2.51. The number of carbonyl (C=O) groups excluding carboxylic acids is 1. The van der Waals surface area contributed by atoms with Gasteiger partial charge in [0.15, 0.2) is 9.84 Å². The molecule has 1 heterocycles. The monoisotopic (exact) mass is 333 g/mol. The maximum atomic E-state index is 11.9. The SMILES string of the molecule is Cc1c(Cl)cccc1NC(=O)CSC1CCS(=O)(=O)C1. The van der Waals surface area contributed by atoms with Gasteiger partial charge in [0.05, 0.1) is 17.3 Å². The summed E-state index contributed by atoms with van der Waals surface area (Å²) in [6.07, 6.45) is 0.635. The smallest absolute Gasteiger partial charge is 0.234 e. The van der Waals surface area contributed by atoms with Crippen molar-refractivity contribution in [2.24, 2.45) is 0 Å². The largest absolute Gasteiger partial charge is 0.325 e. The Kier molecular flexibility index (Phi) is 4.99. The van der Waals surface area contributed by atoms with Crippen molar-refractivity contribution in [3.05, 3.63) is 28.8 Å². The molecule has 1 unspecified atom stereocenters. The van der Waals surface area contributed by atoms with Crippen molar-refractivity contribution >= 4 is 44.8 Å². The first-order chi connectivity index (χ1) is 9.37. The molecule has 1 aromatic carbocycles. The molecule has 1 atom stereocenters. The Morgan fingerprint density at radius 3 is 2.90 bits per heavy atom. The van der Waals surface area contributed by atoms with E-state index < -0.39 is 9.84 Å². The van der Waals surface area contributed by atoms with Crippen LogP contribution in [0.4, 0.5) is 5.69 Å². The van der Waals surface area contributed by atoms with Gasteiger partial charge in [0, 0.05) is 16.0 Å². The summed E-state index contributed by atoms with van der Waals surface area (Å²) in [5.74, 6) is 0.539. The average Bonchev–Trinajstić information content (AvgIpc) is 2.72. The maximum Gasteiger partial charge on any atom is 0.234 e. The van der Waals surface area contributed by atoms with Crippen molar-refractivity contribution < 1.29 is 13.2 Å². The summed E-state index contributed by atoms with van der Waals surface area (Å²) in [5.41, 5.74) is 1.53. The third kappa shape index (κ3) is 4.14. The Bertz CT molecular complexity index is 616. The van der Waals surface area contributed by atoms with Crippen LogP contribution >= 0.6 is 23.4 Å². The van der Waals surface area contributed by atoms with E-state index in [4.69, 9.17) is 11.6 Å². The summed E-state index contributed by atoms with van der Waals surface area (Å²) in [4.78, 5) is 11.9. The number of benzene rings is 1. The fraction of sp³-hybridized carbons (Fsp3) is 0.462. The van der Waals surface area contributed by atoms with Crippen molar-refractivity contribution in [1.29, 1.82) is 0 Å². The van der Waals surface area contributed by atoms with Crippen molar-refractivity contribution in [3.63, 3.8) is 0 Å². The molecule has 7 heteroatoms. The molecule has 110 valence electrons. The van der Waals surface area contributed by atoms with Gasteiger partial charge in [-0.2, -0.15) is 0 Å². The summed E-state index contributed by atoms with van der Waals surface area (Å²) in [7, 11) is -2.88. The lowest BCUT2D eigenvalue weighted by molar-refractivity contribution is -0.113. The summed E-state index contributed by atoms with van der Waals surface area (Å²) in [6.45, 7) is 1.84. The number of halogens is 1. The zero-order valence-corrected chi connectivity index (χ0v) is 13.4. The molecule has 1 aliphatic rings. The topological polar surface area (TPSA) is 63.2 Å². The Balaban J connectivity index is 1.86. The molecular formula is C13H16ClNO3S2. The van der Waals surface area contributed by atoms with Crippen LogP contribution in [-0.2, 0) is 14.6 Å². The standard InChI is InChI=1S/C13H16ClNO3S2/c1-9-11(14)3-2-4-12(9)15-13(16)7-19-10-5-6-20(17,18)8-10/h2-4,10H,5-8H2,1H3,(H,15,16). The summed E-state index contributed by atoms with van der Waals surface area (Å²) in [5, 5.41) is 3.44. The second-order valence-corrected chi connectivity index (χ2v) is 8.72. The van der Waals surface area contributed by atoms with Gasteiger partial charge in [0.1, 0.15) is 0 Å². The molecule has 0 spiro atoms. The lowest BCUT2D eigenvalue weighted by atomic mass is 10.2. The average molecular weight is 334 g/mol. The number of rotatable bonds is 4. The third-order valence-corrected chi connectivity index (χ3v) is 6.87. The molecule has 0 aliphatic carbocycles. The second-order valence-electron chi connectivity index (χ2n) is 4.80. The number of sulfone groups is 1. The van der Waals surface area contributed by atoms with Gasteiger partial charge < -0.3 is 5.32 Å². The third-order valence-electron chi connectivity index (χ3n) is 3.18. The highest BCUT2D eigenvalue weighted by molar-refractivity contribution is 8.02. The number of carbonyl (C=O) groups is 1. The highest BCUT2D eigenvalue weighted by Gasteiger charge is 2.28. The molecule has 2 rings (SSSR count). The molecule has 1 N–H and O–H groups in total. The summed E-state index contributed by atoms with van der Waals surface area (Å²) >= 11 is 7.39. The van der Waals surface area contributed by atoms with E-state index in [1.165, 1.54) is 11.8 Å². The van der Waals surface area contributed by atoms with E-state index in [1.54, 1.807) is 18.2 Å². The zero-order chi connectivity index (χ0) is 14.8. The number of hydrogen-bond donors (Lipinski definition) is 1. The minimum atomic E-state index is -2.88. The van der Waals surface area contributed by atoms with Gasteiger partial charge in [-0.25, -0.2) is 8.42 Å². The van der Waals surface area contributed by atoms with E-state index >= 15 is 0 Å². The van der Waals surface area contributed by atoms with E-state index in [1.807, 2.05) is 6.92 Å². The van der Waals surface area contributed by atoms with Crippen LogP contribution in [0.1, 0.15) is 12.0 Å². The van der Waals surface area contributed by atoms with Crippen molar-refractivity contribution in [2.45, 2.75) is 18.6 Å². The number of thioether (sulfide) groups is 1. The molecule has 4 nitrogen and oxygen atoms in total. The van der Waals surface area contributed by atoms with Crippen LogP contribution in [0.5, 0.6) is 0 Å². The Labute approximate surface area is 128 Å². The maximum absolute atomic E-state index is 11.9. The fourth-order valence-corrected chi connectivity index (χ4v) is 5.63. The van der Waals surface area contributed by atoms with Gasteiger partial charge in [-0.1, -0.05) is 17.7 Å². The first-order valence-electron chi connectivity index (χ1n) is 6.24. The number of hydrogen-bond acceptors (Lipinski definition) is 4. The van der Waals surface area contributed by atoms with Gasteiger partial charge in [-0.3, -0.25) is 4.79 Å². The fourth-order valence-electron chi connectivity index (χ4n) is 2.02. The van der Waals surface area contributed by atoms with Crippen LogP contribution in [0, 0.1) is 6.92 Å². The second kappa shape index (κ2) is 6.37. The minimum Gasteiger partial charge on any atom is -0.325 e. The molecule has 1 aliphatic heterocycles. The normalized spacial score (nSPS) is 20.8. The lowest BCUT2D eigenvalue weighted by Crippen LogP contribution is -2.17. The lowest BCUT2D eigenvalue weighted by Gasteiger charge is -2.11. The van der Waals surface area contributed by atoms with Gasteiger partial charge in [0.25, 0.3) is 0 Å². The molecule has 1 fully saturated rings. The van der Waals surface area contributed by atoms with E-state index in [0.717, 1.165) is 5.56 Å². The predicted molar refractivity (Wildman–Crippen MR) is 84.3 cm³/mol. The molecule has 0 aromatic heterocycles. The molecule has 0 saturated carbocycles. The van der Waals surface area contributed by atoms with Crippen LogP contribution in [0.2, 0.25) is 5.02 Å². The van der Waals surface area contributed by atoms with Gasteiger partial charge in [-0.05, 0) is 31.0 Å². The van der Waals surface area contributed by atoms with Crippen molar-refractivity contribution in [3.8, 4) is 0 Å². The molecule has 1 saturated heterocycles. The molecule has 1 amide bonds. The van der Waals surface area contributed by atoms with Gasteiger partial charge >= 0.3 is 0 Å². The zero-order valence-electron chi connectivity index (χ0n) is 11.1. The highest BCUT2D eigenvalue weighted by atomic mass is 35.5. The Morgan fingerprint density at radius 1 is 1.50 bits per heavy atom. The van der Waals surface area contributed by atoms with Crippen LogP contribution in [0.3, 0.4) is 0 Å². The Morgan fingerprint density at radius 2 is 2.25 bits per heavy atom. The van der Waals surface area contributed by atoms with Gasteiger partial charge in [0.2, 0.25) is 5.91 Å². The van der Waals surface area contributed by atoms with E-state index in [2.05, 4.69) is 5.32 Å². The van der Waals surface area contributed by atoms with Crippen molar-refractivity contribution in [1.82, 2.24) is 0 Å². The van der Waals surface area contributed by atoms with Crippen LogP contribution < -0.4 is 5.32 Å². The molecule has 1 aromatic rings. The van der Waals surface area contributed by atoms with E-state index in [9.17, 15) is 13.2 Å². The number of amides is 1.